The third kappa shape index (κ3) is 1.64. The van der Waals surface area contributed by atoms with Crippen molar-refractivity contribution >= 4 is 11.0 Å². The second-order valence-electron chi connectivity index (χ2n) is 4.15. The first-order valence-corrected chi connectivity index (χ1v) is 5.95. The van der Waals surface area contributed by atoms with E-state index in [1.807, 2.05) is 24.3 Å². The normalized spacial score (nSPS) is 11.0. The summed E-state index contributed by atoms with van der Waals surface area (Å²) >= 11 is 0. The summed E-state index contributed by atoms with van der Waals surface area (Å²) in [5.74, 6) is 0.634. The van der Waals surface area contributed by atoms with E-state index in [-0.39, 0.29) is 0 Å². The summed E-state index contributed by atoms with van der Waals surface area (Å²) in [5, 5.41) is 14.8. The Labute approximate surface area is 113 Å². The second kappa shape index (κ2) is 4.23. The Morgan fingerprint density at radius 1 is 1.15 bits per heavy atom. The van der Waals surface area contributed by atoms with E-state index in [4.69, 9.17) is 0 Å². The highest BCUT2D eigenvalue weighted by atomic mass is 15.4. The van der Waals surface area contributed by atoms with Crippen molar-refractivity contribution in [2.75, 3.05) is 0 Å². The molecule has 0 aliphatic heterocycles. The zero-order valence-corrected chi connectivity index (χ0v) is 10.2. The average molecular weight is 262 g/mol. The molecule has 20 heavy (non-hydrogen) atoms. The molecule has 4 aromatic rings. The fourth-order valence-electron chi connectivity index (χ4n) is 1.98. The summed E-state index contributed by atoms with van der Waals surface area (Å²) in [6, 6.07) is 12.3. The Hall–Kier alpha value is -3.09. The minimum atomic E-state index is 0.634. The molecule has 0 bridgehead atoms. The molecule has 4 rings (SSSR count). The van der Waals surface area contributed by atoms with Gasteiger partial charge in [-0.15, -0.1) is 5.10 Å². The van der Waals surface area contributed by atoms with E-state index in [0.717, 1.165) is 22.4 Å². The summed E-state index contributed by atoms with van der Waals surface area (Å²) in [7, 11) is 0. The number of nitrogens with zero attached hydrogens (tertiary/aromatic N) is 6. The molecule has 0 unspecified atom stereocenters. The van der Waals surface area contributed by atoms with Gasteiger partial charge in [0, 0.05) is 0 Å². The van der Waals surface area contributed by atoms with Crippen LogP contribution in [0.5, 0.6) is 0 Å². The number of hydrogen-bond donors (Lipinski definition) is 1. The fourth-order valence-corrected chi connectivity index (χ4v) is 1.98. The highest BCUT2D eigenvalue weighted by Crippen LogP contribution is 2.17. The van der Waals surface area contributed by atoms with Gasteiger partial charge in [0.1, 0.15) is 17.5 Å². The molecule has 0 spiro atoms. The van der Waals surface area contributed by atoms with Crippen LogP contribution in [0.3, 0.4) is 0 Å². The standard InChI is InChI=1S/C13H8N7/c1-2-4-12-10(3-1)17-19-20(12)9-5-6-11(14-7-9)13-15-8-16-18-13/h2-8H,(H,15,16,18). The van der Waals surface area contributed by atoms with Crippen molar-refractivity contribution < 1.29 is 0 Å². The quantitative estimate of drug-likeness (QED) is 0.590. The van der Waals surface area contributed by atoms with Crippen molar-refractivity contribution in [3.05, 3.63) is 48.9 Å². The summed E-state index contributed by atoms with van der Waals surface area (Å²) < 4.78 is 1.74. The molecule has 3 heterocycles. The number of H-pyrrole nitrogens is 1. The van der Waals surface area contributed by atoms with Gasteiger partial charge in [-0.25, -0.2) is 9.67 Å². The lowest BCUT2D eigenvalue weighted by Crippen LogP contribution is -1.98. The number of rotatable bonds is 2. The first-order chi connectivity index (χ1) is 9.92. The van der Waals surface area contributed by atoms with Crippen LogP contribution in [0.15, 0.2) is 42.9 Å². The van der Waals surface area contributed by atoms with Crippen LogP contribution < -0.4 is 0 Å². The van der Waals surface area contributed by atoms with Gasteiger partial charge in [-0.2, -0.15) is 5.10 Å². The smallest absolute Gasteiger partial charge is 0.174 e. The molecule has 0 saturated heterocycles. The third-order valence-electron chi connectivity index (χ3n) is 2.94. The van der Waals surface area contributed by atoms with Crippen LogP contribution in [-0.4, -0.2) is 35.2 Å². The van der Waals surface area contributed by atoms with Crippen LogP contribution in [0, 0.1) is 6.07 Å². The maximum Gasteiger partial charge on any atom is 0.174 e. The molecule has 1 radical (unpaired) electrons. The van der Waals surface area contributed by atoms with E-state index < -0.39 is 0 Å². The van der Waals surface area contributed by atoms with Crippen LogP contribution in [0.1, 0.15) is 0 Å². The number of aromatic nitrogens is 7. The van der Waals surface area contributed by atoms with Crippen molar-refractivity contribution in [2.24, 2.45) is 0 Å². The van der Waals surface area contributed by atoms with E-state index in [1.165, 1.54) is 6.33 Å². The molecule has 7 heteroatoms. The molecule has 0 saturated carbocycles. The molecule has 1 aromatic carbocycles. The molecule has 0 aliphatic rings. The zero-order chi connectivity index (χ0) is 13.4. The lowest BCUT2D eigenvalue weighted by atomic mass is 10.3. The lowest BCUT2D eigenvalue weighted by molar-refractivity contribution is 0.820. The molecule has 0 atom stereocenters. The molecule has 1 N–H and O–H groups in total. The Bertz CT molecular complexity index is 846. The summed E-state index contributed by atoms with van der Waals surface area (Å²) in [4.78, 5) is 8.41. The third-order valence-corrected chi connectivity index (χ3v) is 2.94. The molecule has 3 aromatic heterocycles. The number of nitrogens with one attached hydrogen (secondary N) is 1. The van der Waals surface area contributed by atoms with E-state index in [2.05, 4.69) is 36.5 Å². The highest BCUT2D eigenvalue weighted by molar-refractivity contribution is 5.75. The Balaban J connectivity index is 1.79. The Morgan fingerprint density at radius 3 is 2.95 bits per heavy atom. The number of benzene rings is 1. The van der Waals surface area contributed by atoms with Crippen molar-refractivity contribution in [2.45, 2.75) is 0 Å². The van der Waals surface area contributed by atoms with Gasteiger partial charge in [0.05, 0.1) is 17.4 Å². The van der Waals surface area contributed by atoms with E-state index in [1.54, 1.807) is 16.9 Å². The molecule has 0 amide bonds. The number of hydrogen-bond acceptors (Lipinski definition) is 5. The van der Waals surface area contributed by atoms with Crippen LogP contribution in [0.2, 0.25) is 0 Å². The molecular formula is C13H8N7. The topological polar surface area (TPSA) is 85.2 Å². The summed E-state index contributed by atoms with van der Waals surface area (Å²) in [6.07, 6.45) is 3.18. The fraction of sp³-hybridized carbons (Fsp3) is 0. The first-order valence-electron chi connectivity index (χ1n) is 5.95. The van der Waals surface area contributed by atoms with Gasteiger partial charge in [0.2, 0.25) is 0 Å². The largest absolute Gasteiger partial charge is 0.258 e. The molecular weight excluding hydrogens is 254 g/mol. The van der Waals surface area contributed by atoms with Gasteiger partial charge in [0.15, 0.2) is 5.82 Å². The van der Waals surface area contributed by atoms with E-state index >= 15 is 0 Å². The predicted molar refractivity (Wildman–Crippen MR) is 70.9 cm³/mol. The molecule has 95 valence electrons. The van der Waals surface area contributed by atoms with Crippen molar-refractivity contribution in [3.8, 4) is 17.2 Å². The zero-order valence-electron chi connectivity index (χ0n) is 10.2. The molecule has 0 aliphatic carbocycles. The molecule has 7 nitrogen and oxygen atoms in total. The van der Waals surface area contributed by atoms with Crippen molar-refractivity contribution in [1.29, 1.82) is 0 Å². The first kappa shape index (κ1) is 10.8. The summed E-state index contributed by atoms with van der Waals surface area (Å²) in [5.41, 5.74) is 3.27. The van der Waals surface area contributed by atoms with Gasteiger partial charge >= 0.3 is 0 Å². The monoisotopic (exact) mass is 262 g/mol. The minimum absolute atomic E-state index is 0.634. The van der Waals surface area contributed by atoms with Gasteiger partial charge in [0.25, 0.3) is 0 Å². The van der Waals surface area contributed by atoms with Crippen LogP contribution in [0.4, 0.5) is 0 Å². The molecule has 0 fully saturated rings. The van der Waals surface area contributed by atoms with Crippen LogP contribution >= 0.6 is 0 Å². The SMILES string of the molecule is [c]1ccc2c(c1)nnn2-c1ccc(-c2ncn[nH]2)nc1. The van der Waals surface area contributed by atoms with Crippen molar-refractivity contribution in [3.63, 3.8) is 0 Å². The highest BCUT2D eigenvalue weighted by Gasteiger charge is 2.07. The lowest BCUT2D eigenvalue weighted by Gasteiger charge is -2.02. The van der Waals surface area contributed by atoms with Gasteiger partial charge < -0.3 is 0 Å². The van der Waals surface area contributed by atoms with Gasteiger partial charge in [-0.05, 0) is 30.3 Å². The number of aromatic amines is 1. The Kier molecular flexibility index (Phi) is 2.28. The van der Waals surface area contributed by atoms with Gasteiger partial charge in [-0.3, -0.25) is 10.1 Å². The van der Waals surface area contributed by atoms with Crippen molar-refractivity contribution in [1.82, 2.24) is 35.2 Å². The van der Waals surface area contributed by atoms with Crippen LogP contribution in [0.25, 0.3) is 28.2 Å². The maximum absolute atomic E-state index is 4.35. The van der Waals surface area contributed by atoms with E-state index in [0.29, 0.717) is 5.82 Å². The Morgan fingerprint density at radius 2 is 2.15 bits per heavy atom. The summed E-state index contributed by atoms with van der Waals surface area (Å²) in [6.45, 7) is 0. The maximum atomic E-state index is 4.35. The van der Waals surface area contributed by atoms with Crippen LogP contribution in [-0.2, 0) is 0 Å². The predicted octanol–water partition coefficient (Wildman–Crippen LogP) is 1.40. The van der Waals surface area contributed by atoms with Gasteiger partial charge in [-0.1, -0.05) is 11.3 Å². The minimum Gasteiger partial charge on any atom is -0.258 e. The number of fused-ring (bicyclic) bond motifs is 1. The second-order valence-corrected chi connectivity index (χ2v) is 4.15. The average Bonchev–Trinajstić information content (AvgIpc) is 3.17. The van der Waals surface area contributed by atoms with E-state index in [9.17, 15) is 0 Å². The number of pyridine rings is 1.